The number of hydrogen-bond donors (Lipinski definition) is 2. The van der Waals surface area contributed by atoms with Crippen LogP contribution in [0.4, 0.5) is 0 Å². The number of carbonyl (C=O) groups excluding carboxylic acids is 2. The average Bonchev–Trinajstić information content (AvgIpc) is 2.54. The molecule has 1 aliphatic rings. The van der Waals surface area contributed by atoms with E-state index in [1.54, 1.807) is 0 Å². The van der Waals surface area contributed by atoms with Crippen molar-refractivity contribution < 1.29 is 9.59 Å². The van der Waals surface area contributed by atoms with Gasteiger partial charge in [0.15, 0.2) is 0 Å². The third-order valence-electron chi connectivity index (χ3n) is 2.84. The Hall–Kier alpha value is -1.10. The van der Waals surface area contributed by atoms with Gasteiger partial charge in [0.25, 0.3) is 0 Å². The minimum atomic E-state index is -0.560. The van der Waals surface area contributed by atoms with Crippen molar-refractivity contribution in [1.82, 2.24) is 15.5 Å². The standard InChI is InChI=1S/C11H21N3O2/c1-11(7-9(15)13-8-11)10(16)12-5-4-6-14(2)3/h4-8H2,1-3H3,(H,12,16)(H,13,15). The molecule has 92 valence electrons. The Bertz CT molecular complexity index is 278. The normalized spacial score (nSPS) is 24.6. The lowest BCUT2D eigenvalue weighted by Crippen LogP contribution is -2.41. The monoisotopic (exact) mass is 227 g/mol. The lowest BCUT2D eigenvalue weighted by Gasteiger charge is -2.20. The van der Waals surface area contributed by atoms with E-state index in [-0.39, 0.29) is 11.8 Å². The minimum absolute atomic E-state index is 0.0235. The molecule has 1 atom stereocenters. The zero-order chi connectivity index (χ0) is 12.2. The maximum absolute atomic E-state index is 11.8. The third kappa shape index (κ3) is 3.48. The fourth-order valence-electron chi connectivity index (χ4n) is 1.74. The molecular weight excluding hydrogens is 206 g/mol. The van der Waals surface area contributed by atoms with Gasteiger partial charge in [-0.25, -0.2) is 0 Å². The number of hydrogen-bond acceptors (Lipinski definition) is 3. The van der Waals surface area contributed by atoms with Gasteiger partial charge in [0, 0.05) is 19.5 Å². The van der Waals surface area contributed by atoms with Gasteiger partial charge in [0.2, 0.25) is 11.8 Å². The van der Waals surface area contributed by atoms with Crippen LogP contribution >= 0.6 is 0 Å². The highest BCUT2D eigenvalue weighted by Gasteiger charge is 2.40. The number of rotatable bonds is 5. The van der Waals surface area contributed by atoms with Crippen molar-refractivity contribution in [3.8, 4) is 0 Å². The summed E-state index contributed by atoms with van der Waals surface area (Å²) in [7, 11) is 4.01. The zero-order valence-electron chi connectivity index (χ0n) is 10.3. The van der Waals surface area contributed by atoms with Crippen LogP contribution in [0.1, 0.15) is 19.8 Å². The van der Waals surface area contributed by atoms with E-state index in [0.717, 1.165) is 13.0 Å². The second kappa shape index (κ2) is 5.30. The molecule has 2 amide bonds. The van der Waals surface area contributed by atoms with E-state index in [9.17, 15) is 9.59 Å². The van der Waals surface area contributed by atoms with Gasteiger partial charge in [-0.1, -0.05) is 0 Å². The Labute approximate surface area is 96.6 Å². The predicted octanol–water partition coefficient (Wildman–Crippen LogP) is -0.419. The highest BCUT2D eigenvalue weighted by atomic mass is 16.2. The molecule has 1 aliphatic heterocycles. The first kappa shape index (κ1) is 13.0. The Kier molecular flexibility index (Phi) is 4.29. The summed E-state index contributed by atoms with van der Waals surface area (Å²) in [4.78, 5) is 25.0. The summed E-state index contributed by atoms with van der Waals surface area (Å²) in [5, 5.41) is 5.57. The van der Waals surface area contributed by atoms with Crippen LogP contribution in [-0.4, -0.2) is 50.4 Å². The molecule has 1 saturated heterocycles. The fourth-order valence-corrected chi connectivity index (χ4v) is 1.74. The van der Waals surface area contributed by atoms with Gasteiger partial charge in [0.05, 0.1) is 5.41 Å². The van der Waals surface area contributed by atoms with Gasteiger partial charge in [-0.15, -0.1) is 0 Å². The quantitative estimate of drug-likeness (QED) is 0.627. The van der Waals surface area contributed by atoms with Crippen molar-refractivity contribution in [2.75, 3.05) is 33.7 Å². The number of amides is 2. The molecule has 0 aromatic carbocycles. The maximum atomic E-state index is 11.8. The summed E-state index contributed by atoms with van der Waals surface area (Å²) >= 11 is 0. The number of carbonyl (C=O) groups is 2. The van der Waals surface area contributed by atoms with E-state index in [1.165, 1.54) is 0 Å². The SMILES string of the molecule is CN(C)CCCNC(=O)C1(C)CNC(=O)C1. The molecule has 0 aromatic rings. The number of nitrogens with one attached hydrogen (secondary N) is 2. The van der Waals surface area contributed by atoms with Crippen LogP contribution in [0.5, 0.6) is 0 Å². The van der Waals surface area contributed by atoms with Crippen LogP contribution < -0.4 is 10.6 Å². The van der Waals surface area contributed by atoms with Gasteiger partial charge in [0.1, 0.15) is 0 Å². The first-order valence-corrected chi connectivity index (χ1v) is 5.64. The van der Waals surface area contributed by atoms with E-state index >= 15 is 0 Å². The van der Waals surface area contributed by atoms with Crippen molar-refractivity contribution in [2.45, 2.75) is 19.8 Å². The second-order valence-electron chi connectivity index (χ2n) is 4.93. The summed E-state index contributed by atoms with van der Waals surface area (Å²) < 4.78 is 0. The van der Waals surface area contributed by atoms with Crippen molar-refractivity contribution >= 4 is 11.8 Å². The molecule has 0 aromatic heterocycles. The summed E-state index contributed by atoms with van der Waals surface area (Å²) in [6.45, 7) is 3.90. The molecule has 1 fully saturated rings. The van der Waals surface area contributed by atoms with E-state index < -0.39 is 5.41 Å². The third-order valence-corrected chi connectivity index (χ3v) is 2.84. The summed E-state index contributed by atoms with van der Waals surface area (Å²) in [6.07, 6.45) is 1.22. The Morgan fingerprint density at radius 3 is 2.75 bits per heavy atom. The largest absolute Gasteiger partial charge is 0.356 e. The van der Waals surface area contributed by atoms with Crippen LogP contribution in [0.25, 0.3) is 0 Å². The smallest absolute Gasteiger partial charge is 0.228 e. The minimum Gasteiger partial charge on any atom is -0.356 e. The van der Waals surface area contributed by atoms with Crippen LogP contribution in [0.2, 0.25) is 0 Å². The summed E-state index contributed by atoms with van der Waals surface area (Å²) in [5.41, 5.74) is -0.560. The first-order chi connectivity index (χ1) is 7.44. The lowest BCUT2D eigenvalue weighted by molar-refractivity contribution is -0.131. The molecule has 5 heteroatoms. The van der Waals surface area contributed by atoms with Crippen LogP contribution in [0.15, 0.2) is 0 Å². The van der Waals surface area contributed by atoms with Crippen LogP contribution in [-0.2, 0) is 9.59 Å². The lowest BCUT2D eigenvalue weighted by atomic mass is 9.88. The topological polar surface area (TPSA) is 61.4 Å². The molecule has 0 saturated carbocycles. The Morgan fingerprint density at radius 1 is 1.56 bits per heavy atom. The average molecular weight is 227 g/mol. The van der Waals surface area contributed by atoms with Crippen molar-refractivity contribution in [3.05, 3.63) is 0 Å². The van der Waals surface area contributed by atoms with E-state index in [2.05, 4.69) is 15.5 Å². The van der Waals surface area contributed by atoms with E-state index in [0.29, 0.717) is 19.5 Å². The summed E-state index contributed by atoms with van der Waals surface area (Å²) in [6, 6.07) is 0. The van der Waals surface area contributed by atoms with Crippen molar-refractivity contribution in [3.63, 3.8) is 0 Å². The predicted molar refractivity (Wildman–Crippen MR) is 61.9 cm³/mol. The Balaban J connectivity index is 2.27. The zero-order valence-corrected chi connectivity index (χ0v) is 10.3. The highest BCUT2D eigenvalue weighted by molar-refractivity contribution is 5.92. The van der Waals surface area contributed by atoms with Gasteiger partial charge < -0.3 is 15.5 Å². The highest BCUT2D eigenvalue weighted by Crippen LogP contribution is 2.25. The molecule has 0 radical (unpaired) electrons. The molecule has 1 unspecified atom stereocenters. The molecule has 1 heterocycles. The first-order valence-electron chi connectivity index (χ1n) is 5.64. The fraction of sp³-hybridized carbons (Fsp3) is 0.818. The molecule has 0 aliphatic carbocycles. The van der Waals surface area contributed by atoms with Gasteiger partial charge in [-0.05, 0) is 34.0 Å². The van der Waals surface area contributed by atoms with Gasteiger partial charge >= 0.3 is 0 Å². The molecule has 16 heavy (non-hydrogen) atoms. The van der Waals surface area contributed by atoms with E-state index in [4.69, 9.17) is 0 Å². The summed E-state index contributed by atoms with van der Waals surface area (Å²) in [5.74, 6) is -0.0597. The van der Waals surface area contributed by atoms with Gasteiger partial charge in [-0.3, -0.25) is 9.59 Å². The van der Waals surface area contributed by atoms with Crippen LogP contribution in [0, 0.1) is 5.41 Å². The van der Waals surface area contributed by atoms with Crippen LogP contribution in [0.3, 0.4) is 0 Å². The second-order valence-corrected chi connectivity index (χ2v) is 4.93. The Morgan fingerprint density at radius 2 is 2.25 bits per heavy atom. The van der Waals surface area contributed by atoms with E-state index in [1.807, 2.05) is 21.0 Å². The van der Waals surface area contributed by atoms with Crippen molar-refractivity contribution in [2.24, 2.45) is 5.41 Å². The molecule has 1 rings (SSSR count). The number of nitrogens with zero attached hydrogens (tertiary/aromatic N) is 1. The van der Waals surface area contributed by atoms with Gasteiger partial charge in [-0.2, -0.15) is 0 Å². The molecular formula is C11H21N3O2. The molecule has 0 spiro atoms. The maximum Gasteiger partial charge on any atom is 0.228 e. The van der Waals surface area contributed by atoms with Crippen molar-refractivity contribution in [1.29, 1.82) is 0 Å². The molecule has 0 bridgehead atoms. The molecule has 5 nitrogen and oxygen atoms in total. The molecule has 2 N–H and O–H groups in total.